The van der Waals surface area contributed by atoms with Crippen LogP contribution in [0.4, 0.5) is 10.5 Å². The molecule has 24 heavy (non-hydrogen) atoms. The quantitative estimate of drug-likeness (QED) is 0.782. The Hall–Kier alpha value is -2.57. The first kappa shape index (κ1) is 17.8. The molecule has 1 heterocycles. The zero-order valence-corrected chi connectivity index (χ0v) is 14.0. The summed E-state index contributed by atoms with van der Waals surface area (Å²) in [4.78, 5) is 35.4. The Morgan fingerprint density at radius 1 is 1.38 bits per heavy atom. The van der Waals surface area contributed by atoms with E-state index in [0.717, 1.165) is 11.3 Å². The van der Waals surface area contributed by atoms with Crippen molar-refractivity contribution in [1.82, 2.24) is 5.32 Å². The third-order valence-corrected chi connectivity index (χ3v) is 3.62. The molecule has 0 aromatic heterocycles. The van der Waals surface area contributed by atoms with E-state index in [0.29, 0.717) is 6.42 Å². The van der Waals surface area contributed by atoms with Gasteiger partial charge in [0.1, 0.15) is 11.6 Å². The van der Waals surface area contributed by atoms with Crippen LogP contribution in [-0.2, 0) is 20.7 Å². The molecule has 2 rings (SSSR count). The van der Waals surface area contributed by atoms with Crippen LogP contribution in [0, 0.1) is 5.92 Å². The lowest BCUT2D eigenvalue weighted by Crippen LogP contribution is -2.46. The molecule has 1 aliphatic rings. The lowest BCUT2D eigenvalue weighted by molar-refractivity contribution is -0.140. The Morgan fingerprint density at radius 3 is 2.67 bits per heavy atom. The van der Waals surface area contributed by atoms with Crippen molar-refractivity contribution in [2.24, 2.45) is 5.92 Å². The van der Waals surface area contributed by atoms with Crippen molar-refractivity contribution < 1.29 is 24.2 Å². The number of hydrogen-bond acceptors (Lipinski definition) is 4. The van der Waals surface area contributed by atoms with Gasteiger partial charge in [-0.2, -0.15) is 0 Å². The summed E-state index contributed by atoms with van der Waals surface area (Å²) in [6, 6.07) is 6.18. The number of aliphatic carboxylic acids is 1. The third-order valence-electron chi connectivity index (χ3n) is 3.62. The smallest absolute Gasteiger partial charge is 0.408 e. The minimum Gasteiger partial charge on any atom is -0.480 e. The summed E-state index contributed by atoms with van der Waals surface area (Å²) in [5.41, 5.74) is 0.961. The lowest BCUT2D eigenvalue weighted by Gasteiger charge is -2.27. The van der Waals surface area contributed by atoms with Gasteiger partial charge < -0.3 is 20.5 Å². The highest BCUT2D eigenvalue weighted by Gasteiger charge is 2.32. The molecule has 1 aromatic rings. The summed E-state index contributed by atoms with van der Waals surface area (Å²) in [5.74, 6) is -1.98. The monoisotopic (exact) mass is 334 g/mol. The number of carboxylic acid groups (broad SMARTS) is 1. The number of carbonyl (C=O) groups is 3. The first-order valence-corrected chi connectivity index (χ1v) is 7.77. The first-order chi connectivity index (χ1) is 11.2. The fourth-order valence-electron chi connectivity index (χ4n) is 2.56. The van der Waals surface area contributed by atoms with Crippen LogP contribution in [0.3, 0.4) is 0 Å². The summed E-state index contributed by atoms with van der Waals surface area (Å²) in [5, 5.41) is 14.4. The molecule has 7 nitrogen and oxygen atoms in total. The predicted molar refractivity (Wildman–Crippen MR) is 87.7 cm³/mol. The molecule has 0 fully saturated rings. The van der Waals surface area contributed by atoms with Crippen molar-refractivity contribution in [1.29, 1.82) is 0 Å². The number of nitrogens with one attached hydrogen (secondary N) is 2. The number of alkyl carbamates (subject to hydrolysis) is 1. The van der Waals surface area contributed by atoms with Crippen LogP contribution in [0.15, 0.2) is 24.3 Å². The summed E-state index contributed by atoms with van der Waals surface area (Å²) in [7, 11) is 0. The first-order valence-electron chi connectivity index (χ1n) is 7.77. The lowest BCUT2D eigenvalue weighted by atomic mass is 9.88. The maximum absolute atomic E-state index is 12.2. The average molecular weight is 334 g/mol. The van der Waals surface area contributed by atoms with E-state index in [9.17, 15) is 19.5 Å². The molecule has 2 atom stereocenters. The summed E-state index contributed by atoms with van der Waals surface area (Å²) < 4.78 is 5.08. The maximum atomic E-state index is 12.2. The van der Waals surface area contributed by atoms with Crippen molar-refractivity contribution in [3.05, 3.63) is 29.8 Å². The van der Waals surface area contributed by atoms with E-state index in [1.807, 2.05) is 18.2 Å². The highest BCUT2D eigenvalue weighted by molar-refractivity contribution is 5.96. The Labute approximate surface area is 140 Å². The van der Waals surface area contributed by atoms with Gasteiger partial charge in [-0.15, -0.1) is 0 Å². The van der Waals surface area contributed by atoms with Gasteiger partial charge in [0.15, 0.2) is 0 Å². The number of amides is 2. The van der Waals surface area contributed by atoms with Crippen LogP contribution < -0.4 is 10.6 Å². The van der Waals surface area contributed by atoms with E-state index < -0.39 is 29.6 Å². The topological polar surface area (TPSA) is 105 Å². The van der Waals surface area contributed by atoms with Crippen LogP contribution >= 0.6 is 0 Å². The Bertz CT molecular complexity index is 651. The van der Waals surface area contributed by atoms with E-state index in [1.165, 1.54) is 0 Å². The second kappa shape index (κ2) is 6.90. The minimum atomic E-state index is -1.20. The van der Waals surface area contributed by atoms with E-state index in [-0.39, 0.29) is 12.3 Å². The highest BCUT2D eigenvalue weighted by atomic mass is 16.6. The summed E-state index contributed by atoms with van der Waals surface area (Å²) in [6.45, 7) is 5.07. The zero-order valence-electron chi connectivity index (χ0n) is 14.0. The van der Waals surface area contributed by atoms with Gasteiger partial charge in [-0.05, 0) is 45.2 Å². The van der Waals surface area contributed by atoms with E-state index >= 15 is 0 Å². The Morgan fingerprint density at radius 2 is 2.04 bits per heavy atom. The van der Waals surface area contributed by atoms with Gasteiger partial charge in [-0.1, -0.05) is 18.2 Å². The van der Waals surface area contributed by atoms with Gasteiger partial charge in [0.25, 0.3) is 0 Å². The molecular formula is C17H22N2O5. The largest absolute Gasteiger partial charge is 0.480 e. The maximum Gasteiger partial charge on any atom is 0.408 e. The molecular weight excluding hydrogens is 312 g/mol. The second-order valence-electron chi connectivity index (χ2n) is 6.82. The molecule has 0 radical (unpaired) electrons. The Kier molecular flexibility index (Phi) is 5.11. The molecule has 7 heteroatoms. The third kappa shape index (κ3) is 4.71. The Balaban J connectivity index is 2.04. The number of anilines is 1. The molecule has 2 amide bonds. The van der Waals surface area contributed by atoms with Gasteiger partial charge >= 0.3 is 12.1 Å². The summed E-state index contributed by atoms with van der Waals surface area (Å²) in [6.07, 6.45) is -0.386. The molecule has 1 aliphatic heterocycles. The minimum absolute atomic E-state index is 0.00521. The van der Waals surface area contributed by atoms with Crippen LogP contribution in [0.5, 0.6) is 0 Å². The molecule has 0 bridgehead atoms. The van der Waals surface area contributed by atoms with Crippen molar-refractivity contribution in [3.63, 3.8) is 0 Å². The number of para-hydroxylation sites is 1. The van der Waals surface area contributed by atoms with E-state index in [4.69, 9.17) is 4.74 Å². The second-order valence-corrected chi connectivity index (χ2v) is 6.82. The number of rotatable bonds is 4. The molecule has 0 spiro atoms. The molecule has 0 saturated carbocycles. The number of hydrogen-bond donors (Lipinski definition) is 3. The molecule has 0 saturated heterocycles. The molecule has 2 unspecified atom stereocenters. The molecule has 1 aromatic carbocycles. The standard InChI is InChI=1S/C17H22N2O5/c1-17(2,3)24-16(23)19-13(15(21)22)9-11-8-10-6-4-5-7-12(10)18-14(11)20/h4-7,11,13H,8-9H2,1-3H3,(H,18,20)(H,19,23)(H,21,22). The number of fused-ring (bicyclic) bond motifs is 1. The van der Waals surface area contributed by atoms with Crippen molar-refractivity contribution in [2.45, 2.75) is 45.3 Å². The number of carbonyl (C=O) groups excluding carboxylic acids is 2. The number of ether oxygens (including phenoxy) is 1. The summed E-state index contributed by atoms with van der Waals surface area (Å²) >= 11 is 0. The molecule has 3 N–H and O–H groups in total. The molecule has 130 valence electrons. The van der Waals surface area contributed by atoms with Gasteiger partial charge in [-0.25, -0.2) is 9.59 Å². The van der Waals surface area contributed by atoms with Gasteiger partial charge in [0.05, 0.1) is 0 Å². The highest BCUT2D eigenvalue weighted by Crippen LogP contribution is 2.27. The van der Waals surface area contributed by atoms with Gasteiger partial charge in [-0.3, -0.25) is 4.79 Å². The predicted octanol–water partition coefficient (Wildman–Crippen LogP) is 2.17. The van der Waals surface area contributed by atoms with Crippen LogP contribution in [-0.4, -0.2) is 34.7 Å². The normalized spacial score (nSPS) is 18.1. The van der Waals surface area contributed by atoms with Gasteiger partial charge in [0.2, 0.25) is 5.91 Å². The SMILES string of the molecule is CC(C)(C)OC(=O)NC(CC1Cc2ccccc2NC1=O)C(=O)O. The van der Waals surface area contributed by atoms with Crippen molar-refractivity contribution in [2.75, 3.05) is 5.32 Å². The fraction of sp³-hybridized carbons (Fsp3) is 0.471. The van der Waals surface area contributed by atoms with Crippen LogP contribution in [0.1, 0.15) is 32.8 Å². The van der Waals surface area contributed by atoms with Crippen molar-refractivity contribution in [3.8, 4) is 0 Å². The molecule has 0 aliphatic carbocycles. The van der Waals surface area contributed by atoms with Crippen LogP contribution in [0.25, 0.3) is 0 Å². The van der Waals surface area contributed by atoms with E-state index in [1.54, 1.807) is 26.8 Å². The zero-order chi connectivity index (χ0) is 17.9. The van der Waals surface area contributed by atoms with Crippen LogP contribution in [0.2, 0.25) is 0 Å². The number of benzene rings is 1. The number of carboxylic acids is 1. The average Bonchev–Trinajstić information content (AvgIpc) is 2.45. The van der Waals surface area contributed by atoms with E-state index in [2.05, 4.69) is 10.6 Å². The van der Waals surface area contributed by atoms with Gasteiger partial charge in [0, 0.05) is 11.6 Å². The fourth-order valence-corrected chi connectivity index (χ4v) is 2.56. The van der Waals surface area contributed by atoms with Crippen molar-refractivity contribution >= 4 is 23.7 Å².